The molecule has 0 amide bonds. The standard InChI is InChI=1S/C18H15F4NO2S2/c1-8-6-27-16-12(7-26-8)23-9(2)13(17(24)25)14(16)10-4-3-5-11(15(10)19)18(20,21)22/h3-5,14,23H,1,6-7H2,2H3,(H,24,25). The fourth-order valence-electron chi connectivity index (χ4n) is 3.10. The first-order valence-corrected chi connectivity index (χ1v) is 9.81. The predicted molar refractivity (Wildman–Crippen MR) is 98.7 cm³/mol. The molecule has 27 heavy (non-hydrogen) atoms. The highest BCUT2D eigenvalue weighted by Crippen LogP contribution is 2.48. The van der Waals surface area contributed by atoms with Gasteiger partial charge in [0.25, 0.3) is 0 Å². The summed E-state index contributed by atoms with van der Waals surface area (Å²) >= 11 is 2.74. The van der Waals surface area contributed by atoms with Crippen molar-refractivity contribution in [3.63, 3.8) is 0 Å². The molecule has 3 rings (SSSR count). The van der Waals surface area contributed by atoms with E-state index in [9.17, 15) is 27.5 Å². The third-order valence-corrected chi connectivity index (χ3v) is 6.73. The van der Waals surface area contributed by atoms with E-state index in [1.165, 1.54) is 36.5 Å². The molecule has 1 atom stereocenters. The van der Waals surface area contributed by atoms with E-state index in [-0.39, 0.29) is 16.8 Å². The van der Waals surface area contributed by atoms with Crippen LogP contribution < -0.4 is 5.32 Å². The predicted octanol–water partition coefficient (Wildman–Crippen LogP) is 5.10. The minimum atomic E-state index is -4.87. The van der Waals surface area contributed by atoms with Crippen LogP contribution in [-0.4, -0.2) is 22.6 Å². The Morgan fingerprint density at radius 1 is 1.30 bits per heavy atom. The van der Waals surface area contributed by atoms with E-state index in [0.717, 1.165) is 11.0 Å². The first-order valence-electron chi connectivity index (χ1n) is 7.84. The molecule has 0 radical (unpaired) electrons. The highest BCUT2D eigenvalue weighted by atomic mass is 32.2. The molecular weight excluding hydrogens is 402 g/mol. The summed E-state index contributed by atoms with van der Waals surface area (Å²) in [7, 11) is 0. The molecule has 2 aliphatic rings. The maximum atomic E-state index is 14.8. The second-order valence-corrected chi connectivity index (χ2v) is 8.24. The molecule has 2 heterocycles. The number of thioether (sulfide) groups is 2. The lowest BCUT2D eigenvalue weighted by Crippen LogP contribution is -2.29. The Kier molecular flexibility index (Phi) is 5.36. The van der Waals surface area contributed by atoms with E-state index < -0.39 is 29.4 Å². The summed E-state index contributed by atoms with van der Waals surface area (Å²) in [6.45, 7) is 5.43. The molecule has 1 unspecified atom stereocenters. The van der Waals surface area contributed by atoms with Crippen LogP contribution in [-0.2, 0) is 11.0 Å². The van der Waals surface area contributed by atoms with Crippen molar-refractivity contribution in [2.24, 2.45) is 0 Å². The maximum absolute atomic E-state index is 14.8. The van der Waals surface area contributed by atoms with Gasteiger partial charge in [-0.1, -0.05) is 18.7 Å². The molecule has 144 valence electrons. The average Bonchev–Trinajstić information content (AvgIpc) is 2.74. The van der Waals surface area contributed by atoms with E-state index >= 15 is 0 Å². The molecule has 0 spiro atoms. The van der Waals surface area contributed by atoms with Crippen LogP contribution >= 0.6 is 23.5 Å². The lowest BCUT2D eigenvalue weighted by molar-refractivity contribution is -0.140. The molecule has 0 aliphatic carbocycles. The highest BCUT2D eigenvalue weighted by molar-refractivity contribution is 8.08. The summed E-state index contributed by atoms with van der Waals surface area (Å²) in [5.74, 6) is -2.93. The highest BCUT2D eigenvalue weighted by Gasteiger charge is 2.40. The van der Waals surface area contributed by atoms with Crippen molar-refractivity contribution in [2.45, 2.75) is 19.0 Å². The summed E-state index contributed by atoms with van der Waals surface area (Å²) in [5.41, 5.74) is -0.886. The molecule has 9 heteroatoms. The Labute approximate surface area is 161 Å². The zero-order valence-corrected chi connectivity index (χ0v) is 15.7. The number of dihydropyridines is 1. The number of allylic oxidation sites excluding steroid dienone is 2. The van der Waals surface area contributed by atoms with E-state index in [0.29, 0.717) is 28.2 Å². The summed E-state index contributed by atoms with van der Waals surface area (Å²) in [4.78, 5) is 13.2. The number of rotatable bonds is 2. The van der Waals surface area contributed by atoms with Gasteiger partial charge in [-0.25, -0.2) is 9.18 Å². The number of carbonyl (C=O) groups is 1. The normalized spacial score (nSPS) is 20.9. The van der Waals surface area contributed by atoms with Crippen molar-refractivity contribution in [1.29, 1.82) is 0 Å². The smallest absolute Gasteiger partial charge is 0.419 e. The van der Waals surface area contributed by atoms with E-state index in [2.05, 4.69) is 11.9 Å². The van der Waals surface area contributed by atoms with Gasteiger partial charge in [0, 0.05) is 33.4 Å². The van der Waals surface area contributed by atoms with Gasteiger partial charge in [-0.15, -0.1) is 23.5 Å². The van der Waals surface area contributed by atoms with Crippen LogP contribution in [0.1, 0.15) is 24.0 Å². The number of alkyl halides is 3. The van der Waals surface area contributed by atoms with Crippen LogP contribution in [0.4, 0.5) is 17.6 Å². The SMILES string of the molecule is C=C1CSC2=C(CS1)NC(C)=C(C(=O)O)C2c1cccc(C(F)(F)F)c1F. The number of benzene rings is 1. The number of nitrogens with one attached hydrogen (secondary N) is 1. The molecule has 2 aliphatic heterocycles. The molecule has 0 aromatic heterocycles. The van der Waals surface area contributed by atoms with Gasteiger partial charge in [-0.2, -0.15) is 13.2 Å². The number of hydrogen-bond donors (Lipinski definition) is 2. The van der Waals surface area contributed by atoms with Gasteiger partial charge >= 0.3 is 12.1 Å². The van der Waals surface area contributed by atoms with Gasteiger partial charge in [0.1, 0.15) is 5.82 Å². The molecule has 1 aromatic carbocycles. The second-order valence-electron chi connectivity index (χ2n) is 6.07. The lowest BCUT2D eigenvalue weighted by atomic mass is 9.85. The summed E-state index contributed by atoms with van der Waals surface area (Å²) in [6.07, 6.45) is -4.87. The van der Waals surface area contributed by atoms with Crippen LogP contribution in [0, 0.1) is 5.82 Å². The number of hydrogen-bond acceptors (Lipinski definition) is 4. The molecular formula is C18H15F4NO2S2. The Balaban J connectivity index is 2.22. The van der Waals surface area contributed by atoms with Crippen LogP contribution in [0.5, 0.6) is 0 Å². The van der Waals surface area contributed by atoms with Gasteiger partial charge in [-0.3, -0.25) is 0 Å². The monoisotopic (exact) mass is 417 g/mol. The van der Waals surface area contributed by atoms with Crippen LogP contribution in [0.2, 0.25) is 0 Å². The Morgan fingerprint density at radius 3 is 2.63 bits per heavy atom. The van der Waals surface area contributed by atoms with Crippen molar-refractivity contribution >= 4 is 29.5 Å². The van der Waals surface area contributed by atoms with Gasteiger partial charge in [0.2, 0.25) is 0 Å². The average molecular weight is 417 g/mol. The molecule has 2 N–H and O–H groups in total. The number of aliphatic carboxylic acids is 1. The number of carboxylic acid groups (broad SMARTS) is 1. The Bertz CT molecular complexity index is 890. The topological polar surface area (TPSA) is 49.3 Å². The first kappa shape index (κ1) is 19.9. The fourth-order valence-corrected chi connectivity index (χ4v) is 5.30. The van der Waals surface area contributed by atoms with E-state index in [1.807, 2.05) is 0 Å². The summed E-state index contributed by atoms with van der Waals surface area (Å²) < 4.78 is 54.3. The van der Waals surface area contributed by atoms with Gasteiger partial charge in [-0.05, 0) is 17.9 Å². The van der Waals surface area contributed by atoms with E-state index in [1.54, 1.807) is 0 Å². The van der Waals surface area contributed by atoms with Crippen molar-refractivity contribution < 1.29 is 27.5 Å². The molecule has 0 saturated heterocycles. The third-order valence-electron chi connectivity index (χ3n) is 4.28. The van der Waals surface area contributed by atoms with Gasteiger partial charge in [0.05, 0.1) is 17.1 Å². The minimum absolute atomic E-state index is 0.156. The fraction of sp³-hybridized carbons (Fsp3) is 0.278. The van der Waals surface area contributed by atoms with Crippen LogP contribution in [0.15, 0.2) is 51.6 Å². The molecule has 0 saturated carbocycles. The van der Waals surface area contributed by atoms with Crippen molar-refractivity contribution in [3.8, 4) is 0 Å². The van der Waals surface area contributed by atoms with Crippen molar-refractivity contribution in [2.75, 3.05) is 11.5 Å². The molecule has 3 nitrogen and oxygen atoms in total. The molecule has 0 fully saturated rings. The molecule has 1 aromatic rings. The van der Waals surface area contributed by atoms with E-state index in [4.69, 9.17) is 0 Å². The summed E-state index contributed by atoms with van der Waals surface area (Å²) in [6, 6.07) is 2.98. The van der Waals surface area contributed by atoms with Crippen molar-refractivity contribution in [3.05, 3.63) is 68.5 Å². The third kappa shape index (κ3) is 3.75. The second kappa shape index (κ2) is 7.27. The summed E-state index contributed by atoms with van der Waals surface area (Å²) in [5, 5.41) is 12.7. The molecule has 0 bridgehead atoms. The Hall–Kier alpha value is -1.87. The maximum Gasteiger partial charge on any atom is 0.419 e. The quantitative estimate of drug-likeness (QED) is 0.656. The van der Waals surface area contributed by atoms with Gasteiger partial charge < -0.3 is 10.4 Å². The number of halogens is 4. The Morgan fingerprint density at radius 2 is 2.00 bits per heavy atom. The van der Waals surface area contributed by atoms with Gasteiger partial charge in [0.15, 0.2) is 0 Å². The zero-order valence-electron chi connectivity index (χ0n) is 14.1. The number of carboxylic acids is 1. The largest absolute Gasteiger partial charge is 0.478 e. The van der Waals surface area contributed by atoms with Crippen LogP contribution in [0.25, 0.3) is 0 Å². The van der Waals surface area contributed by atoms with Crippen molar-refractivity contribution in [1.82, 2.24) is 5.32 Å². The zero-order chi connectivity index (χ0) is 19.9. The minimum Gasteiger partial charge on any atom is -0.478 e. The lowest BCUT2D eigenvalue weighted by Gasteiger charge is -2.31. The van der Waals surface area contributed by atoms with Crippen LogP contribution in [0.3, 0.4) is 0 Å². The first-order chi connectivity index (χ1) is 12.6.